The van der Waals surface area contributed by atoms with Gasteiger partial charge in [-0.1, -0.05) is 6.92 Å². The van der Waals surface area contributed by atoms with Gasteiger partial charge in [0, 0.05) is 12.6 Å². The Morgan fingerprint density at radius 2 is 2.06 bits per heavy atom. The Morgan fingerprint density at radius 1 is 1.35 bits per heavy atom. The monoisotopic (exact) mass is 236 g/mol. The first-order valence-corrected chi connectivity index (χ1v) is 6.31. The molecule has 1 aliphatic rings. The minimum absolute atomic E-state index is 0.218. The van der Waals surface area contributed by atoms with Crippen LogP contribution in [0.4, 0.5) is 15.8 Å². The molecule has 2 rings (SSSR count). The quantitative estimate of drug-likeness (QED) is 0.758. The zero-order valence-electron chi connectivity index (χ0n) is 10.8. The summed E-state index contributed by atoms with van der Waals surface area (Å²) in [6.45, 7) is 7.30. The summed E-state index contributed by atoms with van der Waals surface area (Å²) in [6, 6.07) is 3.79. The molecule has 2 atom stereocenters. The first kappa shape index (κ1) is 12.2. The number of halogens is 1. The Kier molecular flexibility index (Phi) is 3.27. The molecule has 94 valence electrons. The maximum atomic E-state index is 13.4. The van der Waals surface area contributed by atoms with Crippen molar-refractivity contribution in [3.05, 3.63) is 23.5 Å². The summed E-state index contributed by atoms with van der Waals surface area (Å²) in [5.74, 6) is 0.549. The van der Waals surface area contributed by atoms with Crippen molar-refractivity contribution in [1.82, 2.24) is 0 Å². The molecule has 0 saturated carbocycles. The minimum atomic E-state index is -0.218. The van der Waals surface area contributed by atoms with Crippen LogP contribution >= 0.6 is 0 Å². The van der Waals surface area contributed by atoms with Crippen LogP contribution in [0.5, 0.6) is 0 Å². The number of nitrogens with zero attached hydrogens (tertiary/aromatic N) is 1. The van der Waals surface area contributed by atoms with Gasteiger partial charge in [-0.25, -0.2) is 4.39 Å². The highest BCUT2D eigenvalue weighted by atomic mass is 19.1. The van der Waals surface area contributed by atoms with Gasteiger partial charge < -0.3 is 10.6 Å². The summed E-state index contributed by atoms with van der Waals surface area (Å²) in [6.07, 6.45) is 2.36. The molecule has 2 unspecified atom stereocenters. The third-order valence-electron chi connectivity index (χ3n) is 3.76. The second-order valence-corrected chi connectivity index (χ2v) is 5.33. The SMILES string of the molecule is Cc1cc(N2CCC(C)CC2C)c(N)cc1F. The van der Waals surface area contributed by atoms with Crippen LogP contribution in [0.3, 0.4) is 0 Å². The Labute approximate surface area is 103 Å². The van der Waals surface area contributed by atoms with Crippen molar-refractivity contribution in [1.29, 1.82) is 0 Å². The molecule has 1 fully saturated rings. The molecular weight excluding hydrogens is 215 g/mol. The molecule has 0 radical (unpaired) electrons. The Bertz CT molecular complexity index is 417. The summed E-state index contributed by atoms with van der Waals surface area (Å²) >= 11 is 0. The molecule has 0 spiro atoms. The van der Waals surface area contributed by atoms with Crippen LogP contribution < -0.4 is 10.6 Å². The van der Waals surface area contributed by atoms with Crippen LogP contribution in [0.15, 0.2) is 12.1 Å². The Morgan fingerprint density at radius 3 is 2.71 bits per heavy atom. The van der Waals surface area contributed by atoms with Crippen LogP contribution in [-0.2, 0) is 0 Å². The first-order chi connectivity index (χ1) is 7.99. The van der Waals surface area contributed by atoms with Crippen LogP contribution in [0.2, 0.25) is 0 Å². The van der Waals surface area contributed by atoms with E-state index in [0.717, 1.165) is 18.2 Å². The van der Waals surface area contributed by atoms with Gasteiger partial charge in [0.25, 0.3) is 0 Å². The molecule has 1 aromatic carbocycles. The maximum Gasteiger partial charge on any atom is 0.128 e. The van der Waals surface area contributed by atoms with E-state index in [0.29, 0.717) is 17.3 Å². The Balaban J connectivity index is 2.31. The normalized spacial score (nSPS) is 25.1. The molecule has 1 saturated heterocycles. The number of anilines is 2. The highest BCUT2D eigenvalue weighted by molar-refractivity contribution is 5.69. The number of nitrogens with two attached hydrogens (primary N) is 1. The molecule has 3 heteroatoms. The third kappa shape index (κ3) is 2.38. The second kappa shape index (κ2) is 4.55. The summed E-state index contributed by atoms with van der Waals surface area (Å²) in [4.78, 5) is 2.31. The number of piperidine rings is 1. The fraction of sp³-hybridized carbons (Fsp3) is 0.571. The number of hydrogen-bond donors (Lipinski definition) is 1. The third-order valence-corrected chi connectivity index (χ3v) is 3.76. The fourth-order valence-corrected chi connectivity index (χ4v) is 2.70. The molecule has 0 bridgehead atoms. The topological polar surface area (TPSA) is 29.3 Å². The van der Waals surface area contributed by atoms with Gasteiger partial charge >= 0.3 is 0 Å². The molecule has 0 amide bonds. The molecule has 2 nitrogen and oxygen atoms in total. The lowest BCUT2D eigenvalue weighted by Gasteiger charge is -2.39. The molecule has 1 aliphatic heterocycles. The maximum absolute atomic E-state index is 13.4. The smallest absolute Gasteiger partial charge is 0.128 e. The summed E-state index contributed by atoms with van der Waals surface area (Å²) in [5, 5.41) is 0. The van der Waals surface area contributed by atoms with E-state index in [1.165, 1.54) is 18.9 Å². The lowest BCUT2D eigenvalue weighted by Crippen LogP contribution is -2.40. The number of rotatable bonds is 1. The Hall–Kier alpha value is -1.25. The van der Waals surface area contributed by atoms with E-state index in [-0.39, 0.29) is 5.82 Å². The van der Waals surface area contributed by atoms with Gasteiger partial charge in [-0.3, -0.25) is 0 Å². The van der Waals surface area contributed by atoms with Crippen molar-refractivity contribution in [3.8, 4) is 0 Å². The van der Waals surface area contributed by atoms with Crippen LogP contribution in [-0.4, -0.2) is 12.6 Å². The van der Waals surface area contributed by atoms with Crippen molar-refractivity contribution in [3.63, 3.8) is 0 Å². The predicted octanol–water partition coefficient (Wildman–Crippen LogP) is 3.34. The van der Waals surface area contributed by atoms with Crippen LogP contribution in [0, 0.1) is 18.7 Å². The molecule has 1 heterocycles. The average molecular weight is 236 g/mol. The zero-order chi connectivity index (χ0) is 12.6. The molecule has 0 aromatic heterocycles. The summed E-state index contributed by atoms with van der Waals surface area (Å²) in [7, 11) is 0. The second-order valence-electron chi connectivity index (χ2n) is 5.33. The fourth-order valence-electron chi connectivity index (χ4n) is 2.70. The average Bonchev–Trinajstić information content (AvgIpc) is 2.24. The zero-order valence-corrected chi connectivity index (χ0v) is 10.8. The van der Waals surface area contributed by atoms with Crippen LogP contribution in [0.1, 0.15) is 32.3 Å². The van der Waals surface area contributed by atoms with E-state index in [1.54, 1.807) is 6.92 Å². The van der Waals surface area contributed by atoms with E-state index < -0.39 is 0 Å². The molecular formula is C14H21FN2. The van der Waals surface area contributed by atoms with Gasteiger partial charge in [0.05, 0.1) is 11.4 Å². The molecule has 0 aliphatic carbocycles. The highest BCUT2D eigenvalue weighted by Gasteiger charge is 2.24. The molecule has 17 heavy (non-hydrogen) atoms. The first-order valence-electron chi connectivity index (χ1n) is 6.31. The van der Waals surface area contributed by atoms with Gasteiger partial charge in [-0.2, -0.15) is 0 Å². The van der Waals surface area contributed by atoms with E-state index in [9.17, 15) is 4.39 Å². The summed E-state index contributed by atoms with van der Waals surface area (Å²) < 4.78 is 13.4. The number of benzene rings is 1. The van der Waals surface area contributed by atoms with E-state index in [4.69, 9.17) is 5.73 Å². The number of aryl methyl sites for hydroxylation is 1. The van der Waals surface area contributed by atoms with Crippen molar-refractivity contribution >= 4 is 11.4 Å². The van der Waals surface area contributed by atoms with Crippen molar-refractivity contribution in [2.45, 2.75) is 39.7 Å². The lowest BCUT2D eigenvalue weighted by molar-refractivity contribution is 0.378. The number of nitrogen functional groups attached to an aromatic ring is 1. The standard InChI is InChI=1S/C14H21FN2/c1-9-4-5-17(11(3)6-9)14-7-10(2)12(15)8-13(14)16/h7-9,11H,4-6,16H2,1-3H3. The summed E-state index contributed by atoms with van der Waals surface area (Å²) in [5.41, 5.74) is 8.14. The van der Waals surface area contributed by atoms with E-state index in [2.05, 4.69) is 18.7 Å². The van der Waals surface area contributed by atoms with Crippen LogP contribution in [0.25, 0.3) is 0 Å². The largest absolute Gasteiger partial charge is 0.397 e. The predicted molar refractivity (Wildman–Crippen MR) is 70.8 cm³/mol. The van der Waals surface area contributed by atoms with Crippen molar-refractivity contribution < 1.29 is 4.39 Å². The van der Waals surface area contributed by atoms with Crippen molar-refractivity contribution in [2.75, 3.05) is 17.2 Å². The van der Waals surface area contributed by atoms with Gasteiger partial charge in [0.15, 0.2) is 0 Å². The molecule has 2 N–H and O–H groups in total. The lowest BCUT2D eigenvalue weighted by atomic mass is 9.92. The van der Waals surface area contributed by atoms with Gasteiger partial charge in [0.1, 0.15) is 5.82 Å². The van der Waals surface area contributed by atoms with E-state index >= 15 is 0 Å². The number of hydrogen-bond acceptors (Lipinski definition) is 2. The van der Waals surface area contributed by atoms with Gasteiger partial charge in [0.2, 0.25) is 0 Å². The molecule has 1 aromatic rings. The van der Waals surface area contributed by atoms with E-state index in [1.807, 2.05) is 6.07 Å². The highest BCUT2D eigenvalue weighted by Crippen LogP contribution is 2.33. The van der Waals surface area contributed by atoms with Gasteiger partial charge in [-0.15, -0.1) is 0 Å². The van der Waals surface area contributed by atoms with Gasteiger partial charge in [-0.05, 0) is 50.3 Å². The minimum Gasteiger partial charge on any atom is -0.397 e. The van der Waals surface area contributed by atoms with Crippen molar-refractivity contribution in [2.24, 2.45) is 5.92 Å².